The molecule has 0 bridgehead atoms. The van der Waals surface area contributed by atoms with Crippen molar-refractivity contribution in [3.8, 4) is 11.5 Å². The van der Waals surface area contributed by atoms with Crippen molar-refractivity contribution in [2.45, 2.75) is 38.1 Å². The van der Waals surface area contributed by atoms with Crippen LogP contribution >= 0.6 is 15.9 Å². The molecule has 4 heteroatoms. The Morgan fingerprint density at radius 2 is 1.94 bits per heavy atom. The molecule has 1 aromatic rings. The maximum atomic E-state index is 6.24. The summed E-state index contributed by atoms with van der Waals surface area (Å²) in [6.45, 7) is 2.13. The third-order valence-electron chi connectivity index (χ3n) is 3.61. The van der Waals surface area contributed by atoms with Gasteiger partial charge in [0.2, 0.25) is 0 Å². The molecule has 100 valence electrons. The molecule has 1 aliphatic carbocycles. The second-order valence-electron chi connectivity index (χ2n) is 4.94. The molecule has 0 aromatic heterocycles. The smallest absolute Gasteiger partial charge is 0.164 e. The third kappa shape index (κ3) is 2.50. The van der Waals surface area contributed by atoms with Crippen LogP contribution in [0.4, 0.5) is 0 Å². The van der Waals surface area contributed by atoms with Crippen LogP contribution in [0.25, 0.3) is 0 Å². The molecular formula is C14H20BrNO2. The van der Waals surface area contributed by atoms with E-state index in [-0.39, 0.29) is 5.54 Å². The fraction of sp³-hybridized carbons (Fsp3) is 0.571. The lowest BCUT2D eigenvalue weighted by Gasteiger charge is -2.20. The number of nitrogens with two attached hydrogens (primary N) is 1. The maximum absolute atomic E-state index is 6.24. The number of methoxy groups -OCH3 is 2. The molecule has 2 N–H and O–H groups in total. The van der Waals surface area contributed by atoms with E-state index in [1.54, 1.807) is 14.2 Å². The second-order valence-corrected chi connectivity index (χ2v) is 5.80. The lowest BCUT2D eigenvalue weighted by Crippen LogP contribution is -2.25. The van der Waals surface area contributed by atoms with Crippen molar-refractivity contribution >= 4 is 15.9 Å². The molecule has 1 fully saturated rings. The highest BCUT2D eigenvalue weighted by Crippen LogP contribution is 2.43. The molecule has 0 heterocycles. The van der Waals surface area contributed by atoms with Gasteiger partial charge in [-0.15, -0.1) is 0 Å². The number of halogens is 1. The Labute approximate surface area is 117 Å². The SMILES string of the molecule is CCc1c(CC2(N)CC2)c(Br)cc(OC)c1OC. The molecule has 1 aliphatic rings. The van der Waals surface area contributed by atoms with Gasteiger partial charge in [-0.1, -0.05) is 22.9 Å². The first-order chi connectivity index (χ1) is 8.54. The monoisotopic (exact) mass is 313 g/mol. The summed E-state index contributed by atoms with van der Waals surface area (Å²) in [5.74, 6) is 1.61. The average Bonchev–Trinajstić information content (AvgIpc) is 3.08. The fourth-order valence-electron chi connectivity index (χ4n) is 2.33. The number of ether oxygens (including phenoxy) is 2. The van der Waals surface area contributed by atoms with Crippen molar-refractivity contribution in [1.82, 2.24) is 0 Å². The van der Waals surface area contributed by atoms with E-state index >= 15 is 0 Å². The van der Waals surface area contributed by atoms with Crippen molar-refractivity contribution in [1.29, 1.82) is 0 Å². The molecule has 0 unspecified atom stereocenters. The van der Waals surface area contributed by atoms with E-state index in [0.717, 1.165) is 41.7 Å². The van der Waals surface area contributed by atoms with Gasteiger partial charge in [-0.2, -0.15) is 0 Å². The normalized spacial score (nSPS) is 16.5. The number of benzene rings is 1. The van der Waals surface area contributed by atoms with Gasteiger partial charge in [0.05, 0.1) is 14.2 Å². The molecule has 3 nitrogen and oxygen atoms in total. The molecule has 0 amide bonds. The van der Waals surface area contributed by atoms with Gasteiger partial charge in [0.25, 0.3) is 0 Å². The summed E-state index contributed by atoms with van der Waals surface area (Å²) >= 11 is 3.63. The first-order valence-electron chi connectivity index (χ1n) is 6.25. The van der Waals surface area contributed by atoms with Gasteiger partial charge in [0.1, 0.15) is 0 Å². The molecule has 18 heavy (non-hydrogen) atoms. The predicted molar refractivity (Wildman–Crippen MR) is 76.5 cm³/mol. The first-order valence-corrected chi connectivity index (χ1v) is 7.05. The van der Waals surface area contributed by atoms with Gasteiger partial charge < -0.3 is 15.2 Å². The van der Waals surface area contributed by atoms with Crippen LogP contribution in [0.2, 0.25) is 0 Å². The zero-order valence-corrected chi connectivity index (χ0v) is 12.8. The van der Waals surface area contributed by atoms with E-state index < -0.39 is 0 Å². The molecule has 1 saturated carbocycles. The van der Waals surface area contributed by atoms with Gasteiger partial charge in [-0.05, 0) is 37.3 Å². The minimum Gasteiger partial charge on any atom is -0.493 e. The average molecular weight is 314 g/mol. The van der Waals surface area contributed by atoms with Crippen molar-refractivity contribution in [3.05, 3.63) is 21.7 Å². The van der Waals surface area contributed by atoms with Gasteiger partial charge in [0, 0.05) is 15.6 Å². The van der Waals surface area contributed by atoms with Crippen LogP contribution < -0.4 is 15.2 Å². The minimum atomic E-state index is -0.00790. The zero-order valence-electron chi connectivity index (χ0n) is 11.2. The van der Waals surface area contributed by atoms with Crippen molar-refractivity contribution in [2.75, 3.05) is 14.2 Å². The number of rotatable bonds is 5. The van der Waals surface area contributed by atoms with Gasteiger partial charge in [-0.3, -0.25) is 0 Å². The summed E-state index contributed by atoms with van der Waals surface area (Å²) in [5, 5.41) is 0. The molecule has 0 saturated heterocycles. The van der Waals surface area contributed by atoms with E-state index in [0.29, 0.717) is 0 Å². The Hall–Kier alpha value is -0.740. The van der Waals surface area contributed by atoms with Crippen LogP contribution in [0.1, 0.15) is 30.9 Å². The Morgan fingerprint density at radius 3 is 2.39 bits per heavy atom. The van der Waals surface area contributed by atoms with E-state index in [9.17, 15) is 0 Å². The van der Waals surface area contributed by atoms with Crippen LogP contribution in [0.15, 0.2) is 10.5 Å². The van der Waals surface area contributed by atoms with E-state index in [4.69, 9.17) is 15.2 Å². The van der Waals surface area contributed by atoms with Crippen LogP contribution in [0.3, 0.4) is 0 Å². The van der Waals surface area contributed by atoms with Gasteiger partial charge in [-0.25, -0.2) is 0 Å². The summed E-state index contributed by atoms with van der Waals surface area (Å²) in [5.41, 5.74) is 8.69. The lowest BCUT2D eigenvalue weighted by atomic mass is 9.96. The van der Waals surface area contributed by atoms with E-state index in [1.165, 1.54) is 11.1 Å². The number of hydrogen-bond acceptors (Lipinski definition) is 3. The molecule has 0 radical (unpaired) electrons. The highest BCUT2D eigenvalue weighted by Gasteiger charge is 2.39. The third-order valence-corrected chi connectivity index (χ3v) is 4.31. The molecule has 0 atom stereocenters. The Morgan fingerprint density at radius 1 is 1.28 bits per heavy atom. The van der Waals surface area contributed by atoms with Crippen molar-refractivity contribution in [3.63, 3.8) is 0 Å². The largest absolute Gasteiger partial charge is 0.493 e. The summed E-state index contributed by atoms with van der Waals surface area (Å²) in [6, 6.07) is 1.97. The molecule has 1 aromatic carbocycles. The highest BCUT2D eigenvalue weighted by molar-refractivity contribution is 9.10. The summed E-state index contributed by atoms with van der Waals surface area (Å²) in [6.07, 6.45) is 4.02. The summed E-state index contributed by atoms with van der Waals surface area (Å²) in [4.78, 5) is 0. The van der Waals surface area contributed by atoms with Crippen molar-refractivity contribution < 1.29 is 9.47 Å². The second kappa shape index (κ2) is 5.10. The lowest BCUT2D eigenvalue weighted by molar-refractivity contribution is 0.351. The fourth-order valence-corrected chi connectivity index (χ4v) is 2.91. The predicted octanol–water partition coefficient (Wildman–Crippen LogP) is 3.06. The topological polar surface area (TPSA) is 44.5 Å². The molecule has 0 spiro atoms. The van der Waals surface area contributed by atoms with Gasteiger partial charge >= 0.3 is 0 Å². The zero-order chi connectivity index (χ0) is 13.3. The Bertz CT molecular complexity index is 456. The highest BCUT2D eigenvalue weighted by atomic mass is 79.9. The molecule has 0 aliphatic heterocycles. The quantitative estimate of drug-likeness (QED) is 0.908. The van der Waals surface area contributed by atoms with Gasteiger partial charge in [0.15, 0.2) is 11.5 Å². The van der Waals surface area contributed by atoms with E-state index in [1.807, 2.05) is 6.07 Å². The van der Waals surface area contributed by atoms with Crippen LogP contribution in [-0.4, -0.2) is 19.8 Å². The standard InChI is InChI=1S/C14H20BrNO2/c1-4-9-10(8-14(16)5-6-14)11(15)7-12(17-2)13(9)18-3/h7H,4-6,8,16H2,1-3H3. The van der Waals surface area contributed by atoms with E-state index in [2.05, 4.69) is 22.9 Å². The summed E-state index contributed by atoms with van der Waals surface area (Å²) < 4.78 is 11.9. The van der Waals surface area contributed by atoms with Crippen LogP contribution in [0, 0.1) is 0 Å². The first kappa shape index (κ1) is 13.7. The Kier molecular flexibility index (Phi) is 3.87. The minimum absolute atomic E-state index is 0.00790. The Balaban J connectivity index is 2.49. The van der Waals surface area contributed by atoms with Crippen LogP contribution in [0.5, 0.6) is 11.5 Å². The van der Waals surface area contributed by atoms with Crippen LogP contribution in [-0.2, 0) is 12.8 Å². The summed E-state index contributed by atoms with van der Waals surface area (Å²) in [7, 11) is 3.35. The van der Waals surface area contributed by atoms with Crippen molar-refractivity contribution in [2.24, 2.45) is 5.73 Å². The molecular weight excluding hydrogens is 294 g/mol. The maximum Gasteiger partial charge on any atom is 0.164 e. The number of hydrogen-bond donors (Lipinski definition) is 1. The molecule has 2 rings (SSSR count).